The van der Waals surface area contributed by atoms with Crippen LogP contribution in [0.3, 0.4) is 0 Å². The number of nitrogens with zero attached hydrogens (tertiary/aromatic N) is 3. The maximum Gasteiger partial charge on any atom is 0.276 e. The molecule has 7 heteroatoms. The molecule has 2 aliphatic rings. The van der Waals surface area contributed by atoms with Crippen LogP contribution in [-0.2, 0) is 4.79 Å². The molecule has 2 aromatic rings. The first-order chi connectivity index (χ1) is 12.7. The molecule has 26 heavy (non-hydrogen) atoms. The monoisotopic (exact) mass is 364 g/mol. The number of carbonyl (C=O) groups is 2. The Balaban J connectivity index is 1.90. The van der Waals surface area contributed by atoms with Crippen LogP contribution >= 0.6 is 11.8 Å². The molecule has 0 unspecified atom stereocenters. The number of para-hydroxylation sites is 1. The fraction of sp³-hybridized carbons (Fsp3) is 0.158. The molecule has 0 saturated carbocycles. The molecule has 0 aliphatic carbocycles. The summed E-state index contributed by atoms with van der Waals surface area (Å²) in [5, 5.41) is 10.5. The average Bonchev–Trinajstić information content (AvgIpc) is 2.67. The van der Waals surface area contributed by atoms with E-state index in [1.807, 2.05) is 31.2 Å². The van der Waals surface area contributed by atoms with Gasteiger partial charge in [0.1, 0.15) is 5.70 Å². The topological polar surface area (TPSA) is 74.1 Å². The molecule has 0 radical (unpaired) electrons. The van der Waals surface area contributed by atoms with Gasteiger partial charge in [-0.3, -0.25) is 14.9 Å². The van der Waals surface area contributed by atoms with Crippen molar-refractivity contribution in [1.29, 1.82) is 0 Å². The molecule has 0 aromatic heterocycles. The number of ketones is 1. The van der Waals surface area contributed by atoms with E-state index in [0.717, 1.165) is 5.75 Å². The Bertz CT molecular complexity index is 1030. The summed E-state index contributed by atoms with van der Waals surface area (Å²) in [4.78, 5) is 30.4. The first kappa shape index (κ1) is 16.5. The summed E-state index contributed by atoms with van der Waals surface area (Å²) in [6.07, 6.45) is -0.902. The SMILES string of the molecule is CCSC1=NN2C(=c3ccccc3=N[C@H]2C(=O)c2ccccc2)C(=O)N1. The number of rotatable bonds is 3. The minimum Gasteiger partial charge on any atom is -0.298 e. The van der Waals surface area contributed by atoms with Crippen LogP contribution in [0.1, 0.15) is 17.3 Å². The van der Waals surface area contributed by atoms with E-state index in [4.69, 9.17) is 0 Å². The Labute approximate surface area is 154 Å². The summed E-state index contributed by atoms with van der Waals surface area (Å²) in [7, 11) is 0. The normalized spacial score (nSPS) is 18.3. The number of amides is 1. The number of nitrogens with one attached hydrogen (secondary N) is 1. The molecule has 2 aromatic carbocycles. The number of Topliss-reactive ketones (excluding diaryl/α,β-unsaturated/α-hetero) is 1. The van der Waals surface area contributed by atoms with Crippen molar-refractivity contribution in [2.24, 2.45) is 10.1 Å². The van der Waals surface area contributed by atoms with Gasteiger partial charge >= 0.3 is 0 Å². The second kappa shape index (κ2) is 6.76. The van der Waals surface area contributed by atoms with Crippen molar-refractivity contribution < 1.29 is 9.59 Å². The van der Waals surface area contributed by atoms with E-state index in [9.17, 15) is 9.59 Å². The molecule has 2 aliphatic heterocycles. The summed E-state index contributed by atoms with van der Waals surface area (Å²) in [6, 6.07) is 16.2. The molecule has 0 bridgehead atoms. The average molecular weight is 364 g/mol. The molecular weight excluding hydrogens is 348 g/mol. The molecule has 1 N–H and O–H groups in total. The highest BCUT2D eigenvalue weighted by atomic mass is 32.2. The molecule has 0 fully saturated rings. The smallest absolute Gasteiger partial charge is 0.276 e. The van der Waals surface area contributed by atoms with E-state index in [1.54, 1.807) is 30.3 Å². The lowest BCUT2D eigenvalue weighted by Gasteiger charge is -2.33. The van der Waals surface area contributed by atoms with Crippen molar-refractivity contribution in [3.05, 3.63) is 70.7 Å². The van der Waals surface area contributed by atoms with Gasteiger partial charge in [-0.2, -0.15) is 0 Å². The standard InChI is InChI=1S/C19H16N4O2S/c1-2-26-19-21-18(25)15-13-10-6-7-11-14(13)20-17(23(15)22-19)16(24)12-8-4-3-5-9-12/h3-11,17H,2H2,1H3,(H,21,22,25)/t17-/m1/s1. The second-order valence-corrected chi connectivity index (χ2v) is 6.99. The van der Waals surface area contributed by atoms with Crippen molar-refractivity contribution in [2.75, 3.05) is 5.75 Å². The van der Waals surface area contributed by atoms with E-state index in [0.29, 0.717) is 27.0 Å². The lowest BCUT2D eigenvalue weighted by atomic mass is 10.1. The second-order valence-electron chi connectivity index (χ2n) is 5.74. The van der Waals surface area contributed by atoms with Crippen molar-refractivity contribution >= 4 is 34.3 Å². The van der Waals surface area contributed by atoms with Gasteiger partial charge in [0.25, 0.3) is 5.91 Å². The van der Waals surface area contributed by atoms with Crippen molar-refractivity contribution in [1.82, 2.24) is 10.3 Å². The Hall–Kier alpha value is -2.93. The molecular formula is C19H16N4O2S. The van der Waals surface area contributed by atoms with Crippen LogP contribution in [0.4, 0.5) is 0 Å². The molecule has 4 rings (SSSR count). The van der Waals surface area contributed by atoms with Crippen LogP contribution in [0.15, 0.2) is 64.7 Å². The summed E-state index contributed by atoms with van der Waals surface area (Å²) in [5.74, 6) is 0.286. The lowest BCUT2D eigenvalue weighted by molar-refractivity contribution is -0.115. The zero-order valence-electron chi connectivity index (χ0n) is 14.0. The highest BCUT2D eigenvalue weighted by molar-refractivity contribution is 8.13. The number of benzene rings is 2. The van der Waals surface area contributed by atoms with Crippen LogP contribution in [0.2, 0.25) is 0 Å². The Morgan fingerprint density at radius 1 is 1.15 bits per heavy atom. The third-order valence-electron chi connectivity index (χ3n) is 4.09. The lowest BCUT2D eigenvalue weighted by Crippen LogP contribution is -2.54. The number of hydrogen-bond acceptors (Lipinski definition) is 6. The molecule has 6 nitrogen and oxygen atoms in total. The minimum absolute atomic E-state index is 0.197. The Kier molecular flexibility index (Phi) is 4.30. The van der Waals surface area contributed by atoms with Gasteiger partial charge in [-0.15, -0.1) is 5.10 Å². The number of hydrogen-bond donors (Lipinski definition) is 1. The molecule has 1 atom stereocenters. The molecule has 0 saturated heterocycles. The van der Waals surface area contributed by atoms with Gasteiger partial charge < -0.3 is 0 Å². The maximum absolute atomic E-state index is 13.1. The van der Waals surface area contributed by atoms with Gasteiger partial charge in [0, 0.05) is 10.8 Å². The predicted octanol–water partition coefficient (Wildman–Crippen LogP) is 1.09. The van der Waals surface area contributed by atoms with Gasteiger partial charge in [-0.05, 0) is 11.8 Å². The highest BCUT2D eigenvalue weighted by Gasteiger charge is 2.37. The van der Waals surface area contributed by atoms with Gasteiger partial charge in [-0.1, -0.05) is 67.2 Å². The summed E-state index contributed by atoms with van der Waals surface area (Å²) >= 11 is 1.41. The molecule has 130 valence electrons. The molecule has 0 spiro atoms. The van der Waals surface area contributed by atoms with Gasteiger partial charge in [-0.25, -0.2) is 10.0 Å². The highest BCUT2D eigenvalue weighted by Crippen LogP contribution is 2.22. The van der Waals surface area contributed by atoms with Gasteiger partial charge in [0.05, 0.1) is 5.36 Å². The van der Waals surface area contributed by atoms with Crippen molar-refractivity contribution in [2.45, 2.75) is 13.1 Å². The van der Waals surface area contributed by atoms with Crippen LogP contribution in [0.5, 0.6) is 0 Å². The first-order valence-corrected chi connectivity index (χ1v) is 9.26. The van der Waals surface area contributed by atoms with Crippen LogP contribution in [0.25, 0.3) is 5.70 Å². The van der Waals surface area contributed by atoms with E-state index < -0.39 is 6.17 Å². The summed E-state index contributed by atoms with van der Waals surface area (Å²) in [5.41, 5.74) is 0.885. The van der Waals surface area contributed by atoms with Gasteiger partial charge in [0.15, 0.2) is 5.17 Å². The van der Waals surface area contributed by atoms with E-state index in [2.05, 4.69) is 15.4 Å². The molecule has 1 amide bonds. The zero-order chi connectivity index (χ0) is 18.1. The van der Waals surface area contributed by atoms with E-state index in [-0.39, 0.29) is 11.7 Å². The number of hydrazone groups is 1. The van der Waals surface area contributed by atoms with Crippen molar-refractivity contribution in [3.8, 4) is 0 Å². The fourth-order valence-electron chi connectivity index (χ4n) is 2.95. The number of fused-ring (bicyclic) bond motifs is 2. The van der Waals surface area contributed by atoms with Crippen LogP contribution < -0.4 is 15.9 Å². The molecule has 2 heterocycles. The van der Waals surface area contributed by atoms with Crippen LogP contribution in [0, 0.1) is 0 Å². The number of carbonyl (C=O) groups excluding carboxylic acids is 2. The van der Waals surface area contributed by atoms with Crippen LogP contribution in [-0.4, -0.2) is 33.8 Å². The largest absolute Gasteiger partial charge is 0.298 e. The quantitative estimate of drug-likeness (QED) is 0.828. The third-order valence-corrected chi connectivity index (χ3v) is 4.84. The van der Waals surface area contributed by atoms with Gasteiger partial charge in [0.2, 0.25) is 11.9 Å². The van der Waals surface area contributed by atoms with E-state index in [1.165, 1.54) is 16.8 Å². The predicted molar refractivity (Wildman–Crippen MR) is 101 cm³/mol. The maximum atomic E-state index is 13.1. The number of thioether (sulfide) groups is 1. The minimum atomic E-state index is -0.902. The zero-order valence-corrected chi connectivity index (χ0v) is 14.9. The number of amidine groups is 1. The summed E-state index contributed by atoms with van der Waals surface area (Å²) in [6.45, 7) is 1.97. The Morgan fingerprint density at radius 3 is 2.65 bits per heavy atom. The fourth-order valence-corrected chi connectivity index (χ4v) is 3.54. The van der Waals surface area contributed by atoms with E-state index >= 15 is 0 Å². The Morgan fingerprint density at radius 2 is 1.88 bits per heavy atom. The third kappa shape index (κ3) is 2.80. The summed E-state index contributed by atoms with van der Waals surface area (Å²) < 4.78 is 0. The van der Waals surface area contributed by atoms with Crippen molar-refractivity contribution in [3.63, 3.8) is 0 Å². The first-order valence-electron chi connectivity index (χ1n) is 8.27.